The predicted octanol–water partition coefficient (Wildman–Crippen LogP) is 1.56. The molecule has 0 radical (unpaired) electrons. The van der Waals surface area contributed by atoms with E-state index in [1.165, 1.54) is 13.4 Å². The van der Waals surface area contributed by atoms with Crippen LogP contribution < -0.4 is 15.5 Å². The molecule has 4 rings (SSSR count). The Balaban J connectivity index is 1.40. The molecule has 8 nitrogen and oxygen atoms in total. The predicted molar refractivity (Wildman–Crippen MR) is 101 cm³/mol. The lowest BCUT2D eigenvalue weighted by Crippen LogP contribution is -2.38. The van der Waals surface area contributed by atoms with Crippen molar-refractivity contribution in [2.75, 3.05) is 30.4 Å². The molecule has 2 aromatic rings. The molecule has 0 bridgehead atoms. The smallest absolute Gasteiger partial charge is 0.313 e. The Morgan fingerprint density at radius 2 is 2.00 bits per heavy atom. The first-order valence-electron chi connectivity index (χ1n) is 9.18. The number of nitrogens with one attached hydrogen (secondary N) is 2. The van der Waals surface area contributed by atoms with Crippen LogP contribution in [0.15, 0.2) is 34.9 Å². The molecule has 3 heterocycles. The first kappa shape index (κ1) is 18.2. The van der Waals surface area contributed by atoms with E-state index < -0.39 is 17.9 Å². The van der Waals surface area contributed by atoms with Crippen LogP contribution in [0, 0.1) is 0 Å². The summed E-state index contributed by atoms with van der Waals surface area (Å²) >= 11 is 0. The number of hydrogen-bond donors (Lipinski definition) is 2. The molecular formula is C20H21N3O5. The number of carbonyl (C=O) groups is 3. The minimum absolute atomic E-state index is 0.114. The van der Waals surface area contributed by atoms with Gasteiger partial charge in [-0.2, -0.15) is 0 Å². The van der Waals surface area contributed by atoms with Gasteiger partial charge in [0.1, 0.15) is 11.9 Å². The molecule has 1 atom stereocenters. The SMILES string of the molecule is COC(CNC(=O)C(=O)Nc1cc2c3c(c1)CCN3C(=O)CC2)c1ccco1. The summed E-state index contributed by atoms with van der Waals surface area (Å²) in [7, 11) is 1.50. The summed E-state index contributed by atoms with van der Waals surface area (Å²) in [6.07, 6.45) is 2.91. The molecule has 0 aliphatic carbocycles. The first-order chi connectivity index (χ1) is 13.6. The topological polar surface area (TPSA) is 101 Å². The van der Waals surface area contributed by atoms with Crippen LogP contribution in [0.4, 0.5) is 11.4 Å². The van der Waals surface area contributed by atoms with E-state index in [1.807, 2.05) is 17.0 Å². The number of methoxy groups -OCH3 is 1. The summed E-state index contributed by atoms with van der Waals surface area (Å²) in [6.45, 7) is 0.785. The van der Waals surface area contributed by atoms with Gasteiger partial charge in [0.15, 0.2) is 0 Å². The first-order valence-corrected chi connectivity index (χ1v) is 9.18. The van der Waals surface area contributed by atoms with Crippen molar-refractivity contribution in [3.05, 3.63) is 47.4 Å². The summed E-state index contributed by atoms with van der Waals surface area (Å²) in [5, 5.41) is 5.21. The van der Waals surface area contributed by atoms with Crippen molar-refractivity contribution in [3.8, 4) is 0 Å². The van der Waals surface area contributed by atoms with Crippen LogP contribution >= 0.6 is 0 Å². The Morgan fingerprint density at radius 3 is 2.71 bits per heavy atom. The third-order valence-corrected chi connectivity index (χ3v) is 5.11. The summed E-state index contributed by atoms with van der Waals surface area (Å²) in [5.74, 6) is -0.783. The minimum atomic E-state index is -0.750. The maximum Gasteiger partial charge on any atom is 0.313 e. The number of ether oxygens (including phenoxy) is 1. The highest BCUT2D eigenvalue weighted by Gasteiger charge is 2.31. The van der Waals surface area contributed by atoms with Crippen molar-refractivity contribution in [2.45, 2.75) is 25.4 Å². The Kier molecular flexibility index (Phi) is 4.87. The highest BCUT2D eigenvalue weighted by molar-refractivity contribution is 6.39. The Morgan fingerprint density at radius 1 is 1.21 bits per heavy atom. The second-order valence-electron chi connectivity index (χ2n) is 6.84. The molecule has 3 amide bonds. The Labute approximate surface area is 161 Å². The van der Waals surface area contributed by atoms with E-state index >= 15 is 0 Å². The molecule has 1 unspecified atom stereocenters. The number of anilines is 2. The lowest BCUT2D eigenvalue weighted by molar-refractivity contribution is -0.136. The fourth-order valence-corrected chi connectivity index (χ4v) is 3.76. The highest BCUT2D eigenvalue weighted by Crippen LogP contribution is 2.38. The maximum atomic E-state index is 12.3. The van der Waals surface area contributed by atoms with Crippen molar-refractivity contribution < 1.29 is 23.5 Å². The van der Waals surface area contributed by atoms with Gasteiger partial charge in [-0.1, -0.05) is 0 Å². The molecule has 28 heavy (non-hydrogen) atoms. The van der Waals surface area contributed by atoms with E-state index in [-0.39, 0.29) is 12.5 Å². The van der Waals surface area contributed by atoms with Gasteiger partial charge >= 0.3 is 11.8 Å². The normalized spacial score (nSPS) is 15.9. The molecule has 1 aromatic heterocycles. The lowest BCUT2D eigenvalue weighted by atomic mass is 9.98. The molecule has 1 aromatic carbocycles. The molecule has 0 spiro atoms. The number of hydrogen-bond acceptors (Lipinski definition) is 5. The summed E-state index contributed by atoms with van der Waals surface area (Å²) in [4.78, 5) is 38.3. The lowest BCUT2D eigenvalue weighted by Gasteiger charge is -2.25. The number of amides is 3. The van der Waals surface area contributed by atoms with Crippen LogP contribution in [0.2, 0.25) is 0 Å². The maximum absolute atomic E-state index is 12.3. The zero-order valence-electron chi connectivity index (χ0n) is 15.5. The fourth-order valence-electron chi connectivity index (χ4n) is 3.76. The van der Waals surface area contributed by atoms with Gasteiger partial charge in [0.25, 0.3) is 0 Å². The van der Waals surface area contributed by atoms with E-state index in [4.69, 9.17) is 9.15 Å². The monoisotopic (exact) mass is 383 g/mol. The molecule has 2 N–H and O–H groups in total. The molecule has 0 fully saturated rings. The van der Waals surface area contributed by atoms with E-state index in [2.05, 4.69) is 10.6 Å². The number of benzene rings is 1. The quantitative estimate of drug-likeness (QED) is 0.763. The van der Waals surface area contributed by atoms with Gasteiger partial charge in [0.05, 0.1) is 18.5 Å². The summed E-state index contributed by atoms with van der Waals surface area (Å²) in [6, 6.07) is 7.15. The van der Waals surface area contributed by atoms with Gasteiger partial charge in [-0.15, -0.1) is 0 Å². The zero-order valence-corrected chi connectivity index (χ0v) is 15.5. The number of furan rings is 1. The Hall–Kier alpha value is -3.13. The average molecular weight is 383 g/mol. The second-order valence-corrected chi connectivity index (χ2v) is 6.84. The van der Waals surface area contributed by atoms with Crippen molar-refractivity contribution in [3.63, 3.8) is 0 Å². The van der Waals surface area contributed by atoms with Crippen molar-refractivity contribution in [1.82, 2.24) is 5.32 Å². The van der Waals surface area contributed by atoms with E-state index in [9.17, 15) is 14.4 Å². The van der Waals surface area contributed by atoms with Crippen molar-refractivity contribution >= 4 is 29.1 Å². The third-order valence-electron chi connectivity index (χ3n) is 5.11. The van der Waals surface area contributed by atoms with Crippen molar-refractivity contribution in [2.24, 2.45) is 0 Å². The number of carbonyl (C=O) groups excluding carboxylic acids is 3. The molecule has 146 valence electrons. The zero-order chi connectivity index (χ0) is 19.7. The van der Waals surface area contributed by atoms with Gasteiger partial charge in [0.2, 0.25) is 5.91 Å². The van der Waals surface area contributed by atoms with Gasteiger partial charge in [0, 0.05) is 25.8 Å². The van der Waals surface area contributed by atoms with E-state index in [0.717, 1.165) is 23.2 Å². The summed E-state index contributed by atoms with van der Waals surface area (Å²) in [5.41, 5.74) is 3.60. The minimum Gasteiger partial charge on any atom is -0.467 e. The van der Waals surface area contributed by atoms with Gasteiger partial charge in [-0.25, -0.2) is 0 Å². The van der Waals surface area contributed by atoms with E-state index in [1.54, 1.807) is 12.1 Å². The molecule has 8 heteroatoms. The van der Waals surface area contributed by atoms with Gasteiger partial charge < -0.3 is 24.7 Å². The summed E-state index contributed by atoms with van der Waals surface area (Å²) < 4.78 is 10.5. The molecular weight excluding hydrogens is 362 g/mol. The van der Waals surface area contributed by atoms with Crippen molar-refractivity contribution in [1.29, 1.82) is 0 Å². The number of aryl methyl sites for hydroxylation is 1. The molecule has 2 aliphatic rings. The highest BCUT2D eigenvalue weighted by atomic mass is 16.5. The van der Waals surface area contributed by atoms with Crippen LogP contribution in [-0.2, 0) is 32.0 Å². The van der Waals surface area contributed by atoms with Crippen LogP contribution in [0.1, 0.15) is 29.4 Å². The molecule has 0 saturated carbocycles. The second kappa shape index (κ2) is 7.47. The van der Waals surface area contributed by atoms with Crippen LogP contribution in [0.25, 0.3) is 0 Å². The largest absolute Gasteiger partial charge is 0.467 e. The Bertz CT molecular complexity index is 922. The van der Waals surface area contributed by atoms with Crippen LogP contribution in [0.3, 0.4) is 0 Å². The molecule has 2 aliphatic heterocycles. The van der Waals surface area contributed by atoms with Crippen LogP contribution in [-0.4, -0.2) is 37.9 Å². The number of rotatable bonds is 5. The molecule has 0 saturated heterocycles. The fraction of sp³-hybridized carbons (Fsp3) is 0.350. The number of nitrogens with zero attached hydrogens (tertiary/aromatic N) is 1. The van der Waals surface area contributed by atoms with Crippen LogP contribution in [0.5, 0.6) is 0 Å². The standard InChI is InChI=1S/C20H21N3O5/c1-27-16(15-3-2-8-28-15)11-21-19(25)20(26)22-14-9-12-4-5-17(24)23-7-6-13(10-14)18(12)23/h2-3,8-10,16H,4-7,11H2,1H3,(H,21,25)(H,22,26). The van der Waals surface area contributed by atoms with E-state index in [0.29, 0.717) is 30.8 Å². The van der Waals surface area contributed by atoms with Gasteiger partial charge in [-0.3, -0.25) is 14.4 Å². The third kappa shape index (κ3) is 3.38. The average Bonchev–Trinajstić information content (AvgIpc) is 3.36. The van der Waals surface area contributed by atoms with Gasteiger partial charge in [-0.05, 0) is 48.2 Å².